The molecule has 1 aliphatic carbocycles. The maximum Gasteiger partial charge on any atom is 0.253 e. The van der Waals surface area contributed by atoms with E-state index in [0.29, 0.717) is 11.4 Å². The lowest BCUT2D eigenvalue weighted by molar-refractivity contribution is 0.0958. The molecule has 1 heterocycles. The van der Waals surface area contributed by atoms with Gasteiger partial charge < -0.3 is 15.7 Å². The van der Waals surface area contributed by atoms with E-state index in [1.165, 1.54) is 6.20 Å². The molecule has 0 spiro atoms. The minimum Gasteiger partial charge on any atom is -0.391 e. The molecule has 100 valence electrons. The predicted molar refractivity (Wildman–Crippen MR) is 72.7 cm³/mol. The molecule has 1 aliphatic rings. The molecule has 1 aromatic rings. The zero-order valence-electron chi connectivity index (χ0n) is 10.6. The van der Waals surface area contributed by atoms with Gasteiger partial charge in [0, 0.05) is 6.20 Å². The zero-order chi connectivity index (χ0) is 13.7. The molecule has 0 aliphatic heterocycles. The molecular weight excluding hydrogens is 242 g/mol. The molecule has 3 N–H and O–H groups in total. The van der Waals surface area contributed by atoms with Crippen LogP contribution in [-0.2, 0) is 0 Å². The van der Waals surface area contributed by atoms with E-state index >= 15 is 0 Å². The summed E-state index contributed by atoms with van der Waals surface area (Å²) in [5.74, 6) is 2.77. The van der Waals surface area contributed by atoms with Crippen molar-refractivity contribution < 1.29 is 9.90 Å². The lowest BCUT2D eigenvalue weighted by Gasteiger charge is -2.16. The van der Waals surface area contributed by atoms with Crippen LogP contribution in [-0.4, -0.2) is 34.7 Å². The van der Waals surface area contributed by atoms with Crippen molar-refractivity contribution in [1.29, 1.82) is 0 Å². The van der Waals surface area contributed by atoms with Crippen LogP contribution in [0.5, 0.6) is 0 Å². The van der Waals surface area contributed by atoms with E-state index in [9.17, 15) is 9.90 Å². The summed E-state index contributed by atoms with van der Waals surface area (Å²) in [6.45, 7) is 0.201. The Morgan fingerprint density at radius 2 is 2.37 bits per heavy atom. The number of hydrogen-bond acceptors (Lipinski definition) is 4. The molecule has 5 nitrogen and oxygen atoms in total. The molecule has 5 heteroatoms. The smallest absolute Gasteiger partial charge is 0.253 e. The molecule has 0 radical (unpaired) electrons. The highest BCUT2D eigenvalue weighted by Crippen LogP contribution is 2.22. The molecule has 0 aromatic carbocycles. The van der Waals surface area contributed by atoms with E-state index in [-0.39, 0.29) is 24.6 Å². The highest BCUT2D eigenvalue weighted by atomic mass is 16.3. The Hall–Kier alpha value is -2.06. The van der Waals surface area contributed by atoms with Crippen LogP contribution in [0.2, 0.25) is 0 Å². The minimum absolute atomic E-state index is 0.0496. The van der Waals surface area contributed by atoms with Crippen LogP contribution < -0.4 is 10.6 Å². The molecule has 0 saturated heterocycles. The van der Waals surface area contributed by atoms with Gasteiger partial charge in [0.05, 0.1) is 24.3 Å². The van der Waals surface area contributed by atoms with E-state index in [0.717, 1.165) is 19.3 Å². The van der Waals surface area contributed by atoms with Crippen molar-refractivity contribution in [3.8, 4) is 12.3 Å². The minimum atomic E-state index is -0.319. The number of aliphatic hydroxyl groups is 1. The van der Waals surface area contributed by atoms with Crippen LogP contribution in [0.3, 0.4) is 0 Å². The Kier molecular flexibility index (Phi) is 4.37. The third-order valence-electron chi connectivity index (χ3n) is 3.19. The van der Waals surface area contributed by atoms with Crippen LogP contribution in [0.25, 0.3) is 0 Å². The number of amides is 1. The number of carbonyl (C=O) groups is 1. The van der Waals surface area contributed by atoms with E-state index in [2.05, 4.69) is 21.5 Å². The first-order valence-corrected chi connectivity index (χ1v) is 6.33. The van der Waals surface area contributed by atoms with Crippen LogP contribution >= 0.6 is 0 Å². The van der Waals surface area contributed by atoms with Crippen molar-refractivity contribution in [3.63, 3.8) is 0 Å². The molecule has 1 fully saturated rings. The average Bonchev–Trinajstić information content (AvgIpc) is 2.82. The number of aromatic nitrogens is 1. The molecule has 1 saturated carbocycles. The zero-order valence-corrected chi connectivity index (χ0v) is 10.6. The number of carbonyl (C=O) groups excluding carboxylic acids is 1. The highest BCUT2D eigenvalue weighted by molar-refractivity contribution is 5.94. The largest absolute Gasteiger partial charge is 0.391 e. The quantitative estimate of drug-likeness (QED) is 0.698. The lowest BCUT2D eigenvalue weighted by atomic mass is 10.2. The number of pyridine rings is 1. The molecule has 1 aromatic heterocycles. The van der Waals surface area contributed by atoms with E-state index in [1.54, 1.807) is 12.1 Å². The highest BCUT2D eigenvalue weighted by Gasteiger charge is 2.25. The summed E-state index contributed by atoms with van der Waals surface area (Å²) < 4.78 is 0. The molecule has 2 rings (SSSR count). The fourth-order valence-electron chi connectivity index (χ4n) is 2.15. The van der Waals surface area contributed by atoms with Crippen molar-refractivity contribution in [1.82, 2.24) is 10.3 Å². The molecular formula is C14H17N3O2. The maximum atomic E-state index is 11.6. The number of aliphatic hydroxyl groups excluding tert-OH is 1. The number of hydrogen-bond donors (Lipinski definition) is 3. The second-order valence-corrected chi connectivity index (χ2v) is 4.57. The summed E-state index contributed by atoms with van der Waals surface area (Å²) in [6, 6.07) is 3.46. The van der Waals surface area contributed by atoms with Gasteiger partial charge in [-0.15, -0.1) is 6.42 Å². The number of rotatable bonds is 4. The summed E-state index contributed by atoms with van der Waals surface area (Å²) in [6.07, 6.45) is 9.03. The Morgan fingerprint density at radius 1 is 1.53 bits per heavy atom. The SMILES string of the molecule is C#CCNC(=O)c1ccc(N[C@@H]2CCC[C@H]2O)nc1. The molecule has 1 amide bonds. The second kappa shape index (κ2) is 6.21. The molecule has 0 unspecified atom stereocenters. The van der Waals surface area contributed by atoms with Crippen LogP contribution in [0, 0.1) is 12.3 Å². The monoisotopic (exact) mass is 259 g/mol. The van der Waals surface area contributed by atoms with Gasteiger partial charge in [-0.3, -0.25) is 4.79 Å². The fourth-order valence-corrected chi connectivity index (χ4v) is 2.15. The third kappa shape index (κ3) is 3.46. The molecule has 19 heavy (non-hydrogen) atoms. The van der Waals surface area contributed by atoms with Gasteiger partial charge >= 0.3 is 0 Å². The van der Waals surface area contributed by atoms with Gasteiger partial charge in [0.25, 0.3) is 5.91 Å². The number of nitrogens with zero attached hydrogens (tertiary/aromatic N) is 1. The summed E-state index contributed by atoms with van der Waals surface area (Å²) >= 11 is 0. The van der Waals surface area contributed by atoms with Crippen molar-refractivity contribution in [2.75, 3.05) is 11.9 Å². The van der Waals surface area contributed by atoms with Crippen molar-refractivity contribution in [3.05, 3.63) is 23.9 Å². The van der Waals surface area contributed by atoms with Crippen molar-refractivity contribution in [2.24, 2.45) is 0 Å². The second-order valence-electron chi connectivity index (χ2n) is 4.57. The first-order valence-electron chi connectivity index (χ1n) is 6.33. The number of anilines is 1. The van der Waals surface area contributed by atoms with Gasteiger partial charge in [-0.25, -0.2) is 4.98 Å². The number of nitrogens with one attached hydrogen (secondary N) is 2. The van der Waals surface area contributed by atoms with Crippen molar-refractivity contribution in [2.45, 2.75) is 31.4 Å². The van der Waals surface area contributed by atoms with Crippen LogP contribution in [0.1, 0.15) is 29.6 Å². The van der Waals surface area contributed by atoms with Gasteiger partial charge in [-0.1, -0.05) is 5.92 Å². The standard InChI is InChI=1S/C14H17N3O2/c1-2-8-15-14(19)10-6-7-13(16-9-10)17-11-4-3-5-12(11)18/h1,6-7,9,11-12,18H,3-5,8H2,(H,15,19)(H,16,17)/t11-,12-/m1/s1. The normalized spacial score (nSPS) is 21.7. The topological polar surface area (TPSA) is 74.2 Å². The Balaban J connectivity index is 1.94. The Bertz CT molecular complexity index is 478. The van der Waals surface area contributed by atoms with Gasteiger partial charge in [-0.2, -0.15) is 0 Å². The summed E-state index contributed by atoms with van der Waals surface area (Å²) in [5, 5.41) is 15.5. The first-order chi connectivity index (χ1) is 9.20. The van der Waals surface area contributed by atoms with E-state index < -0.39 is 0 Å². The van der Waals surface area contributed by atoms with E-state index in [1.807, 2.05) is 0 Å². The maximum absolute atomic E-state index is 11.6. The van der Waals surface area contributed by atoms with Crippen LogP contribution in [0.4, 0.5) is 5.82 Å². The van der Waals surface area contributed by atoms with Gasteiger partial charge in [0.15, 0.2) is 0 Å². The fraction of sp³-hybridized carbons (Fsp3) is 0.429. The average molecular weight is 259 g/mol. The summed E-state index contributed by atoms with van der Waals surface area (Å²) in [7, 11) is 0. The Labute approximate surface area is 112 Å². The van der Waals surface area contributed by atoms with Gasteiger partial charge in [0.2, 0.25) is 0 Å². The van der Waals surface area contributed by atoms with Crippen LogP contribution in [0.15, 0.2) is 18.3 Å². The Morgan fingerprint density at radius 3 is 2.95 bits per heavy atom. The predicted octanol–water partition coefficient (Wildman–Crippen LogP) is 0.770. The van der Waals surface area contributed by atoms with E-state index in [4.69, 9.17) is 6.42 Å². The first kappa shape index (κ1) is 13.4. The molecule has 2 atom stereocenters. The third-order valence-corrected chi connectivity index (χ3v) is 3.19. The lowest BCUT2D eigenvalue weighted by Crippen LogP contribution is -2.28. The van der Waals surface area contributed by atoms with Gasteiger partial charge in [0.1, 0.15) is 5.82 Å². The summed E-state index contributed by atoms with van der Waals surface area (Å²) in [5.41, 5.74) is 0.466. The van der Waals surface area contributed by atoms with Crippen molar-refractivity contribution >= 4 is 11.7 Å². The van der Waals surface area contributed by atoms with Gasteiger partial charge in [-0.05, 0) is 31.4 Å². The molecule has 0 bridgehead atoms. The summed E-state index contributed by atoms with van der Waals surface area (Å²) in [4.78, 5) is 15.8. The number of terminal acetylenes is 1.